The van der Waals surface area contributed by atoms with Crippen molar-refractivity contribution in [2.45, 2.75) is 58.7 Å². The fourth-order valence-electron chi connectivity index (χ4n) is 3.67. The summed E-state index contributed by atoms with van der Waals surface area (Å²) in [6.45, 7) is 10.9. The molecule has 0 N–H and O–H groups in total. The zero-order valence-corrected chi connectivity index (χ0v) is 16.4. The Labute approximate surface area is 153 Å². The number of methoxy groups -OCH3 is 1. The highest BCUT2D eigenvalue weighted by molar-refractivity contribution is 5.34. The Morgan fingerprint density at radius 1 is 0.840 bits per heavy atom. The standard InChI is InChI=1S/C23H33NO/c1-18(2)24(19(3)4)15-14-23(21-11-7-6-8-12-21)22-13-9-10-20(16-22)17-25-5/h6-13,16,18-19,23H,14-15,17H2,1-5H3. The molecule has 0 amide bonds. The van der Waals surface area contributed by atoms with Crippen molar-refractivity contribution in [3.63, 3.8) is 0 Å². The first-order valence-electron chi connectivity index (χ1n) is 9.41. The quantitative estimate of drug-likeness (QED) is 0.600. The molecule has 2 heteroatoms. The van der Waals surface area contributed by atoms with Crippen LogP contribution in [0, 0.1) is 0 Å². The molecule has 1 unspecified atom stereocenters. The van der Waals surface area contributed by atoms with Gasteiger partial charge in [-0.15, -0.1) is 0 Å². The van der Waals surface area contributed by atoms with E-state index in [4.69, 9.17) is 4.74 Å². The number of rotatable bonds is 9. The van der Waals surface area contributed by atoms with Crippen LogP contribution in [0.3, 0.4) is 0 Å². The van der Waals surface area contributed by atoms with Crippen LogP contribution in [0.2, 0.25) is 0 Å². The minimum atomic E-state index is 0.415. The lowest BCUT2D eigenvalue weighted by molar-refractivity contribution is 0.170. The molecule has 2 aromatic rings. The summed E-state index contributed by atoms with van der Waals surface area (Å²) in [5, 5.41) is 0. The van der Waals surface area contributed by atoms with Gasteiger partial charge in [-0.25, -0.2) is 0 Å². The molecule has 0 aromatic heterocycles. The molecule has 0 spiro atoms. The molecule has 1 atom stereocenters. The molecule has 0 aliphatic heterocycles. The fourth-order valence-corrected chi connectivity index (χ4v) is 3.67. The molecule has 0 radical (unpaired) electrons. The zero-order valence-electron chi connectivity index (χ0n) is 16.4. The van der Waals surface area contributed by atoms with Crippen LogP contribution < -0.4 is 0 Å². The highest BCUT2D eigenvalue weighted by Crippen LogP contribution is 2.29. The summed E-state index contributed by atoms with van der Waals surface area (Å²) in [6.07, 6.45) is 1.12. The second-order valence-electron chi connectivity index (χ2n) is 7.36. The van der Waals surface area contributed by atoms with E-state index >= 15 is 0 Å². The van der Waals surface area contributed by atoms with E-state index in [1.165, 1.54) is 16.7 Å². The maximum absolute atomic E-state index is 5.32. The maximum Gasteiger partial charge on any atom is 0.0713 e. The molecule has 2 rings (SSSR count). The first kappa shape index (κ1) is 19.7. The molecule has 0 saturated heterocycles. The molecular formula is C23H33NO. The van der Waals surface area contributed by atoms with Gasteiger partial charge in [0.1, 0.15) is 0 Å². The summed E-state index contributed by atoms with van der Waals surface area (Å²) in [5.74, 6) is 0.415. The van der Waals surface area contributed by atoms with Crippen molar-refractivity contribution in [3.8, 4) is 0 Å². The van der Waals surface area contributed by atoms with Crippen molar-refractivity contribution in [3.05, 3.63) is 71.3 Å². The fraction of sp³-hybridized carbons (Fsp3) is 0.478. The van der Waals surface area contributed by atoms with Crippen molar-refractivity contribution >= 4 is 0 Å². The third kappa shape index (κ3) is 5.69. The summed E-state index contributed by atoms with van der Waals surface area (Å²) in [4.78, 5) is 2.58. The summed E-state index contributed by atoms with van der Waals surface area (Å²) in [5.41, 5.74) is 4.02. The van der Waals surface area contributed by atoms with Gasteiger partial charge in [-0.05, 0) is 57.4 Å². The number of hydrogen-bond acceptors (Lipinski definition) is 2. The Balaban J connectivity index is 2.26. The van der Waals surface area contributed by atoms with Crippen molar-refractivity contribution in [2.24, 2.45) is 0 Å². The molecular weight excluding hydrogens is 306 g/mol. The molecule has 0 heterocycles. The maximum atomic E-state index is 5.32. The second-order valence-corrected chi connectivity index (χ2v) is 7.36. The van der Waals surface area contributed by atoms with Gasteiger partial charge in [0, 0.05) is 25.1 Å². The van der Waals surface area contributed by atoms with Crippen molar-refractivity contribution in [1.82, 2.24) is 4.90 Å². The molecule has 0 bridgehead atoms. The lowest BCUT2D eigenvalue weighted by atomic mass is 9.87. The van der Waals surface area contributed by atoms with Crippen molar-refractivity contribution < 1.29 is 4.74 Å². The van der Waals surface area contributed by atoms with E-state index in [1.54, 1.807) is 7.11 Å². The highest BCUT2D eigenvalue weighted by atomic mass is 16.5. The molecule has 0 aliphatic carbocycles. The van der Waals surface area contributed by atoms with Gasteiger partial charge in [0.25, 0.3) is 0 Å². The third-order valence-corrected chi connectivity index (χ3v) is 4.87. The van der Waals surface area contributed by atoms with Gasteiger partial charge in [-0.2, -0.15) is 0 Å². The van der Waals surface area contributed by atoms with Crippen LogP contribution in [-0.4, -0.2) is 30.6 Å². The minimum absolute atomic E-state index is 0.415. The molecule has 25 heavy (non-hydrogen) atoms. The van der Waals surface area contributed by atoms with Crippen molar-refractivity contribution in [2.75, 3.05) is 13.7 Å². The first-order chi connectivity index (χ1) is 12.0. The largest absolute Gasteiger partial charge is 0.380 e. The number of hydrogen-bond donors (Lipinski definition) is 0. The van der Waals surface area contributed by atoms with E-state index in [0.717, 1.165) is 13.0 Å². The lowest BCUT2D eigenvalue weighted by Crippen LogP contribution is -2.38. The van der Waals surface area contributed by atoms with Crippen LogP contribution in [0.1, 0.15) is 56.7 Å². The predicted molar refractivity (Wildman–Crippen MR) is 107 cm³/mol. The van der Waals surface area contributed by atoms with Gasteiger partial charge in [0.05, 0.1) is 6.61 Å². The normalized spacial score (nSPS) is 13.0. The number of ether oxygens (including phenoxy) is 1. The van der Waals surface area contributed by atoms with Gasteiger partial charge in [0.15, 0.2) is 0 Å². The van der Waals surface area contributed by atoms with Gasteiger partial charge in [0.2, 0.25) is 0 Å². The molecule has 0 aliphatic rings. The Morgan fingerprint density at radius 2 is 1.48 bits per heavy atom. The SMILES string of the molecule is COCc1cccc(C(CCN(C(C)C)C(C)C)c2ccccc2)c1. The number of benzene rings is 2. The van der Waals surface area contributed by atoms with E-state index in [9.17, 15) is 0 Å². The first-order valence-corrected chi connectivity index (χ1v) is 9.41. The molecule has 136 valence electrons. The van der Waals surface area contributed by atoms with E-state index < -0.39 is 0 Å². The molecule has 2 nitrogen and oxygen atoms in total. The summed E-state index contributed by atoms with van der Waals surface area (Å²) < 4.78 is 5.32. The van der Waals surface area contributed by atoms with Gasteiger partial charge in [-0.1, -0.05) is 54.6 Å². The minimum Gasteiger partial charge on any atom is -0.380 e. The van der Waals surface area contributed by atoms with E-state index in [2.05, 4.69) is 87.2 Å². The average molecular weight is 340 g/mol. The van der Waals surface area contributed by atoms with Gasteiger partial charge >= 0.3 is 0 Å². The molecule has 2 aromatic carbocycles. The van der Waals surface area contributed by atoms with Gasteiger partial charge < -0.3 is 4.74 Å². The zero-order chi connectivity index (χ0) is 18.2. The lowest BCUT2D eigenvalue weighted by Gasteiger charge is -2.32. The van der Waals surface area contributed by atoms with Crippen molar-refractivity contribution in [1.29, 1.82) is 0 Å². The monoisotopic (exact) mass is 339 g/mol. The summed E-state index contributed by atoms with van der Waals surface area (Å²) >= 11 is 0. The van der Waals surface area contributed by atoms with Crippen LogP contribution in [0.25, 0.3) is 0 Å². The highest BCUT2D eigenvalue weighted by Gasteiger charge is 2.19. The summed E-state index contributed by atoms with van der Waals surface area (Å²) in [6, 6.07) is 20.9. The second kappa shape index (κ2) is 9.74. The van der Waals surface area contributed by atoms with Crippen LogP contribution in [0.4, 0.5) is 0 Å². The Kier molecular flexibility index (Phi) is 7.67. The Morgan fingerprint density at radius 3 is 2.08 bits per heavy atom. The Bertz CT molecular complexity index is 613. The third-order valence-electron chi connectivity index (χ3n) is 4.87. The van der Waals surface area contributed by atoms with E-state index in [-0.39, 0.29) is 0 Å². The average Bonchev–Trinajstić information content (AvgIpc) is 2.59. The Hall–Kier alpha value is -1.64. The van der Waals surface area contributed by atoms with E-state index in [0.29, 0.717) is 24.6 Å². The molecule has 0 saturated carbocycles. The van der Waals surface area contributed by atoms with Gasteiger partial charge in [-0.3, -0.25) is 4.90 Å². The number of nitrogens with zero attached hydrogens (tertiary/aromatic N) is 1. The van der Waals surface area contributed by atoms with Crippen LogP contribution in [0.5, 0.6) is 0 Å². The molecule has 0 fully saturated rings. The summed E-state index contributed by atoms with van der Waals surface area (Å²) in [7, 11) is 1.75. The topological polar surface area (TPSA) is 12.5 Å². The van der Waals surface area contributed by atoms with Crippen LogP contribution in [-0.2, 0) is 11.3 Å². The van der Waals surface area contributed by atoms with E-state index in [1.807, 2.05) is 0 Å². The predicted octanol–water partition coefficient (Wildman–Crippen LogP) is 5.47. The van der Waals surface area contributed by atoms with Crippen LogP contribution >= 0.6 is 0 Å². The smallest absolute Gasteiger partial charge is 0.0713 e. The van der Waals surface area contributed by atoms with Crippen LogP contribution in [0.15, 0.2) is 54.6 Å².